The number of rotatable bonds is 5. The van der Waals surface area contributed by atoms with Crippen molar-refractivity contribution in [3.63, 3.8) is 0 Å². The van der Waals surface area contributed by atoms with Gasteiger partial charge in [0, 0.05) is 5.69 Å². The highest BCUT2D eigenvalue weighted by atomic mass is 32.1. The van der Waals surface area contributed by atoms with Crippen LogP contribution in [0.2, 0.25) is 0 Å². The normalized spacial score (nSPS) is 10.2. The van der Waals surface area contributed by atoms with Gasteiger partial charge in [0.2, 0.25) is 0 Å². The summed E-state index contributed by atoms with van der Waals surface area (Å²) in [6.07, 6.45) is 1.65. The van der Waals surface area contributed by atoms with Crippen molar-refractivity contribution in [2.45, 2.75) is 0 Å². The average Bonchev–Trinajstić information content (AvgIpc) is 2.62. The van der Waals surface area contributed by atoms with Crippen LogP contribution in [0.3, 0.4) is 0 Å². The second-order valence-electron chi connectivity index (χ2n) is 4.67. The minimum atomic E-state index is -0.383. The van der Waals surface area contributed by atoms with Crippen molar-refractivity contribution in [2.24, 2.45) is 5.10 Å². The summed E-state index contributed by atoms with van der Waals surface area (Å²) in [5.41, 5.74) is 4.84. The molecular formula is C17H17N3O3S. The van der Waals surface area contributed by atoms with E-state index in [1.807, 2.05) is 24.3 Å². The zero-order valence-corrected chi connectivity index (χ0v) is 14.1. The molecule has 0 saturated carbocycles. The zero-order chi connectivity index (χ0) is 17.4. The number of hydrazone groups is 1. The van der Waals surface area contributed by atoms with Crippen LogP contribution in [0.15, 0.2) is 53.6 Å². The van der Waals surface area contributed by atoms with Gasteiger partial charge in [0.1, 0.15) is 5.75 Å². The third-order valence-corrected chi connectivity index (χ3v) is 3.25. The molecule has 7 heteroatoms. The first-order valence-electron chi connectivity index (χ1n) is 7.05. The predicted molar refractivity (Wildman–Crippen MR) is 97.7 cm³/mol. The molecule has 0 saturated heterocycles. The lowest BCUT2D eigenvalue weighted by atomic mass is 10.2. The molecule has 6 nitrogen and oxygen atoms in total. The molecule has 0 unspecified atom stereocenters. The van der Waals surface area contributed by atoms with Crippen LogP contribution in [-0.4, -0.2) is 31.5 Å². The third kappa shape index (κ3) is 5.06. The van der Waals surface area contributed by atoms with Crippen molar-refractivity contribution >= 4 is 35.2 Å². The maximum atomic E-state index is 11.4. The van der Waals surface area contributed by atoms with Crippen molar-refractivity contribution in [3.8, 4) is 5.75 Å². The largest absolute Gasteiger partial charge is 0.497 e. The molecule has 0 fully saturated rings. The Morgan fingerprint density at radius 1 is 1.08 bits per heavy atom. The summed E-state index contributed by atoms with van der Waals surface area (Å²) in [6, 6.07) is 14.2. The van der Waals surface area contributed by atoms with Crippen molar-refractivity contribution in [1.82, 2.24) is 5.43 Å². The van der Waals surface area contributed by atoms with E-state index < -0.39 is 0 Å². The number of carbonyl (C=O) groups excluding carboxylic acids is 1. The molecule has 0 heterocycles. The highest BCUT2D eigenvalue weighted by molar-refractivity contribution is 7.80. The van der Waals surface area contributed by atoms with Crippen LogP contribution in [0, 0.1) is 0 Å². The fraction of sp³-hybridized carbons (Fsp3) is 0.118. The van der Waals surface area contributed by atoms with Crippen LogP contribution < -0.4 is 15.5 Å². The SMILES string of the molecule is COC(=O)c1ccc(NC(=S)N/N=C\c2ccc(OC)cc2)cc1. The summed E-state index contributed by atoms with van der Waals surface area (Å²) in [5.74, 6) is 0.402. The van der Waals surface area contributed by atoms with E-state index >= 15 is 0 Å². The molecule has 0 atom stereocenters. The van der Waals surface area contributed by atoms with E-state index in [1.54, 1.807) is 37.6 Å². The van der Waals surface area contributed by atoms with Crippen molar-refractivity contribution < 1.29 is 14.3 Å². The van der Waals surface area contributed by atoms with Gasteiger partial charge in [0.25, 0.3) is 0 Å². The standard InChI is InChI=1S/C17H17N3O3S/c1-22-15-9-3-12(4-10-15)11-18-20-17(24)19-14-7-5-13(6-8-14)16(21)23-2/h3-11H,1-2H3,(H2,19,20,24)/b18-11-. The Bertz CT molecular complexity index is 728. The summed E-state index contributed by atoms with van der Waals surface area (Å²) in [6.45, 7) is 0. The van der Waals surface area contributed by atoms with Crippen molar-refractivity contribution in [1.29, 1.82) is 0 Å². The van der Waals surface area contributed by atoms with Gasteiger partial charge < -0.3 is 14.8 Å². The number of hydrogen-bond donors (Lipinski definition) is 2. The third-order valence-electron chi connectivity index (χ3n) is 3.06. The van der Waals surface area contributed by atoms with Gasteiger partial charge in [-0.15, -0.1) is 0 Å². The molecule has 2 aromatic rings. The minimum absolute atomic E-state index is 0.338. The molecule has 0 aromatic heterocycles. The Labute approximate surface area is 145 Å². The number of ether oxygens (including phenoxy) is 2. The molecule has 0 spiro atoms. The van der Waals surface area contributed by atoms with E-state index in [0.717, 1.165) is 17.0 Å². The molecule has 0 bridgehead atoms. The topological polar surface area (TPSA) is 72.0 Å². The van der Waals surface area contributed by atoms with E-state index in [-0.39, 0.29) is 5.97 Å². The summed E-state index contributed by atoms with van der Waals surface area (Å²) in [5, 5.41) is 7.36. The summed E-state index contributed by atoms with van der Waals surface area (Å²) in [7, 11) is 2.96. The quantitative estimate of drug-likeness (QED) is 0.376. The lowest BCUT2D eigenvalue weighted by Crippen LogP contribution is -2.23. The first kappa shape index (κ1) is 17.4. The molecule has 0 aliphatic carbocycles. The van der Waals surface area contributed by atoms with E-state index in [2.05, 4.69) is 20.6 Å². The first-order valence-corrected chi connectivity index (χ1v) is 7.45. The number of hydrogen-bond acceptors (Lipinski definition) is 5. The maximum Gasteiger partial charge on any atom is 0.337 e. The monoisotopic (exact) mass is 343 g/mol. The number of thiocarbonyl (C=S) groups is 1. The van der Waals surface area contributed by atoms with Gasteiger partial charge in [0.05, 0.1) is 26.0 Å². The van der Waals surface area contributed by atoms with Crippen molar-refractivity contribution in [2.75, 3.05) is 19.5 Å². The minimum Gasteiger partial charge on any atom is -0.497 e. The second kappa shape index (κ2) is 8.64. The fourth-order valence-electron chi connectivity index (χ4n) is 1.82. The molecule has 2 N–H and O–H groups in total. The number of nitrogens with one attached hydrogen (secondary N) is 2. The van der Waals surface area contributed by atoms with Crippen LogP contribution in [-0.2, 0) is 4.74 Å². The van der Waals surface area contributed by atoms with Crippen LogP contribution in [0.25, 0.3) is 0 Å². The van der Waals surface area contributed by atoms with Gasteiger partial charge in [-0.05, 0) is 66.3 Å². The molecular weight excluding hydrogens is 326 g/mol. The number of methoxy groups -OCH3 is 2. The highest BCUT2D eigenvalue weighted by Gasteiger charge is 2.04. The number of benzene rings is 2. The predicted octanol–water partition coefficient (Wildman–Crippen LogP) is 2.80. The van der Waals surface area contributed by atoms with Crippen LogP contribution in [0.4, 0.5) is 5.69 Å². The highest BCUT2D eigenvalue weighted by Crippen LogP contribution is 2.11. The Morgan fingerprint density at radius 2 is 1.75 bits per heavy atom. The number of esters is 1. The summed E-state index contributed by atoms with van der Waals surface area (Å²) >= 11 is 5.15. The zero-order valence-electron chi connectivity index (χ0n) is 13.3. The Morgan fingerprint density at radius 3 is 2.33 bits per heavy atom. The second-order valence-corrected chi connectivity index (χ2v) is 5.07. The van der Waals surface area contributed by atoms with Gasteiger partial charge in [-0.1, -0.05) is 0 Å². The summed E-state index contributed by atoms with van der Waals surface area (Å²) < 4.78 is 9.73. The smallest absolute Gasteiger partial charge is 0.337 e. The Hall–Kier alpha value is -2.93. The van der Waals surface area contributed by atoms with Gasteiger partial charge in [-0.2, -0.15) is 5.10 Å². The van der Waals surface area contributed by atoms with E-state index in [1.165, 1.54) is 7.11 Å². The molecule has 2 rings (SSSR count). The Kier molecular flexibility index (Phi) is 6.27. The molecule has 2 aromatic carbocycles. The van der Waals surface area contributed by atoms with E-state index in [9.17, 15) is 4.79 Å². The fourth-order valence-corrected chi connectivity index (χ4v) is 1.99. The number of carbonyl (C=O) groups is 1. The van der Waals surface area contributed by atoms with Crippen molar-refractivity contribution in [3.05, 3.63) is 59.7 Å². The van der Waals surface area contributed by atoms with Gasteiger partial charge in [-0.25, -0.2) is 4.79 Å². The molecule has 0 amide bonds. The number of nitrogens with zero attached hydrogens (tertiary/aromatic N) is 1. The number of anilines is 1. The van der Waals surface area contributed by atoms with E-state index in [0.29, 0.717) is 10.7 Å². The molecule has 0 aliphatic heterocycles. The summed E-state index contributed by atoms with van der Waals surface area (Å²) in [4.78, 5) is 11.4. The lowest BCUT2D eigenvalue weighted by Gasteiger charge is -2.07. The van der Waals surface area contributed by atoms with Gasteiger partial charge in [-0.3, -0.25) is 5.43 Å². The molecule has 0 aliphatic rings. The van der Waals surface area contributed by atoms with E-state index in [4.69, 9.17) is 17.0 Å². The molecule has 24 heavy (non-hydrogen) atoms. The molecule has 124 valence electrons. The van der Waals surface area contributed by atoms with Gasteiger partial charge >= 0.3 is 5.97 Å². The van der Waals surface area contributed by atoms with Crippen LogP contribution in [0.1, 0.15) is 15.9 Å². The van der Waals surface area contributed by atoms with Crippen LogP contribution >= 0.6 is 12.2 Å². The van der Waals surface area contributed by atoms with Gasteiger partial charge in [0.15, 0.2) is 5.11 Å². The maximum absolute atomic E-state index is 11.4. The average molecular weight is 343 g/mol. The van der Waals surface area contributed by atoms with Crippen LogP contribution in [0.5, 0.6) is 5.75 Å². The molecule has 0 radical (unpaired) electrons. The lowest BCUT2D eigenvalue weighted by molar-refractivity contribution is 0.0601. The first-order chi connectivity index (χ1) is 11.6. The Balaban J connectivity index is 1.86.